The molecule has 2 saturated carbocycles. The van der Waals surface area contributed by atoms with Gasteiger partial charge in [0, 0.05) is 13.0 Å². The van der Waals surface area contributed by atoms with Crippen LogP contribution in [0.4, 0.5) is 5.95 Å². The van der Waals surface area contributed by atoms with Crippen molar-refractivity contribution >= 4 is 5.95 Å². The zero-order chi connectivity index (χ0) is 14.7. The molecular weight excluding hydrogens is 264 g/mol. The summed E-state index contributed by atoms with van der Waals surface area (Å²) in [4.78, 5) is 13.6. The minimum atomic E-state index is -0.337. The average molecular weight is 290 g/mol. The highest BCUT2D eigenvalue weighted by molar-refractivity contribution is 5.21. The average Bonchev–Trinajstić information content (AvgIpc) is 2.82. The second-order valence-corrected chi connectivity index (χ2v) is 6.47. The molecule has 1 heterocycles. The molecule has 1 aromatic heterocycles. The first-order valence-electron chi connectivity index (χ1n) is 8.30. The third-order valence-corrected chi connectivity index (χ3v) is 5.10. The Morgan fingerprint density at radius 3 is 2.24 bits per heavy atom. The SMILES string of the molecule is COC1(c2nc(N)nc(C3CCCCCC3)n2)CCCC1. The van der Waals surface area contributed by atoms with E-state index < -0.39 is 0 Å². The van der Waals surface area contributed by atoms with Gasteiger partial charge in [-0.1, -0.05) is 25.7 Å². The van der Waals surface area contributed by atoms with E-state index in [9.17, 15) is 0 Å². The van der Waals surface area contributed by atoms with Gasteiger partial charge in [0.1, 0.15) is 11.4 Å². The Bertz CT molecular complexity index is 477. The number of methoxy groups -OCH3 is 1. The Labute approximate surface area is 126 Å². The Morgan fingerprint density at radius 1 is 0.952 bits per heavy atom. The van der Waals surface area contributed by atoms with Gasteiger partial charge in [-0.15, -0.1) is 0 Å². The van der Waals surface area contributed by atoms with Crippen molar-refractivity contribution in [2.75, 3.05) is 12.8 Å². The topological polar surface area (TPSA) is 73.9 Å². The zero-order valence-electron chi connectivity index (χ0n) is 13.0. The van der Waals surface area contributed by atoms with Crippen molar-refractivity contribution in [3.8, 4) is 0 Å². The molecular formula is C16H26N4O. The molecule has 0 aromatic carbocycles. The molecule has 3 rings (SSSR count). The summed E-state index contributed by atoms with van der Waals surface area (Å²) in [6, 6.07) is 0. The molecule has 2 aliphatic carbocycles. The van der Waals surface area contributed by atoms with E-state index in [0.717, 1.165) is 37.3 Å². The third-order valence-electron chi connectivity index (χ3n) is 5.10. The molecule has 2 aliphatic rings. The van der Waals surface area contributed by atoms with E-state index in [-0.39, 0.29) is 5.60 Å². The molecule has 5 nitrogen and oxygen atoms in total. The van der Waals surface area contributed by atoms with Gasteiger partial charge in [-0.25, -0.2) is 4.98 Å². The molecule has 0 unspecified atom stereocenters. The van der Waals surface area contributed by atoms with E-state index in [1.54, 1.807) is 7.11 Å². The van der Waals surface area contributed by atoms with Gasteiger partial charge in [0.25, 0.3) is 0 Å². The molecule has 5 heteroatoms. The largest absolute Gasteiger partial charge is 0.370 e. The molecule has 0 saturated heterocycles. The molecule has 1 aromatic rings. The standard InChI is InChI=1S/C16H26N4O/c1-21-16(10-6-7-11-16)14-18-13(19-15(17)20-14)12-8-4-2-3-5-9-12/h12H,2-11H2,1H3,(H2,17,18,19,20). The number of ether oxygens (including phenoxy) is 1. The van der Waals surface area contributed by atoms with Crippen LogP contribution in [0.5, 0.6) is 0 Å². The summed E-state index contributed by atoms with van der Waals surface area (Å²) in [6.45, 7) is 0. The summed E-state index contributed by atoms with van der Waals surface area (Å²) in [5, 5.41) is 0. The van der Waals surface area contributed by atoms with E-state index in [2.05, 4.69) is 9.97 Å². The number of anilines is 1. The molecule has 0 radical (unpaired) electrons. The maximum atomic E-state index is 5.97. The van der Waals surface area contributed by atoms with Crippen molar-refractivity contribution in [1.82, 2.24) is 15.0 Å². The van der Waals surface area contributed by atoms with E-state index in [1.807, 2.05) is 0 Å². The van der Waals surface area contributed by atoms with Gasteiger partial charge in [-0.05, 0) is 38.5 Å². The van der Waals surface area contributed by atoms with Crippen molar-refractivity contribution in [2.45, 2.75) is 75.7 Å². The molecule has 116 valence electrons. The van der Waals surface area contributed by atoms with Gasteiger partial charge < -0.3 is 10.5 Å². The highest BCUT2D eigenvalue weighted by atomic mass is 16.5. The summed E-state index contributed by atoms with van der Waals surface area (Å²) in [5.41, 5.74) is 5.63. The molecule has 0 spiro atoms. The van der Waals surface area contributed by atoms with Gasteiger partial charge >= 0.3 is 0 Å². The smallest absolute Gasteiger partial charge is 0.223 e. The second kappa shape index (κ2) is 6.26. The zero-order valence-corrected chi connectivity index (χ0v) is 13.0. The number of hydrogen-bond acceptors (Lipinski definition) is 5. The molecule has 0 aliphatic heterocycles. The van der Waals surface area contributed by atoms with Crippen molar-refractivity contribution in [3.05, 3.63) is 11.6 Å². The summed E-state index contributed by atoms with van der Waals surface area (Å²) in [5.74, 6) is 2.44. The second-order valence-electron chi connectivity index (χ2n) is 6.47. The first-order chi connectivity index (χ1) is 10.2. The normalized spacial score (nSPS) is 23.1. The first kappa shape index (κ1) is 14.7. The van der Waals surface area contributed by atoms with Crippen LogP contribution in [0.3, 0.4) is 0 Å². The van der Waals surface area contributed by atoms with Gasteiger partial charge in [0.15, 0.2) is 5.82 Å². The van der Waals surface area contributed by atoms with Gasteiger partial charge in [-0.3, -0.25) is 0 Å². The van der Waals surface area contributed by atoms with Crippen LogP contribution in [0.1, 0.15) is 81.8 Å². The number of nitrogen functional groups attached to an aromatic ring is 1. The lowest BCUT2D eigenvalue weighted by Crippen LogP contribution is -2.29. The van der Waals surface area contributed by atoms with Crippen LogP contribution in [0.25, 0.3) is 0 Å². The van der Waals surface area contributed by atoms with Crippen LogP contribution in [-0.4, -0.2) is 22.1 Å². The highest BCUT2D eigenvalue weighted by Gasteiger charge is 2.39. The van der Waals surface area contributed by atoms with E-state index in [4.69, 9.17) is 15.5 Å². The fraction of sp³-hybridized carbons (Fsp3) is 0.812. The molecule has 0 atom stereocenters. The number of hydrogen-bond donors (Lipinski definition) is 1. The number of nitrogens with two attached hydrogens (primary N) is 1. The summed E-state index contributed by atoms with van der Waals surface area (Å²) >= 11 is 0. The van der Waals surface area contributed by atoms with Crippen LogP contribution in [0.15, 0.2) is 0 Å². The van der Waals surface area contributed by atoms with E-state index in [1.165, 1.54) is 38.5 Å². The van der Waals surface area contributed by atoms with Gasteiger partial charge in [0.05, 0.1) is 0 Å². The lowest BCUT2D eigenvalue weighted by Gasteiger charge is -2.26. The first-order valence-corrected chi connectivity index (χ1v) is 8.30. The lowest BCUT2D eigenvalue weighted by atomic mass is 9.98. The minimum Gasteiger partial charge on any atom is -0.370 e. The maximum absolute atomic E-state index is 5.97. The summed E-state index contributed by atoms with van der Waals surface area (Å²) in [7, 11) is 1.76. The third kappa shape index (κ3) is 3.03. The summed E-state index contributed by atoms with van der Waals surface area (Å²) in [6.07, 6.45) is 11.8. The van der Waals surface area contributed by atoms with Crippen LogP contribution < -0.4 is 5.73 Å². The quantitative estimate of drug-likeness (QED) is 0.864. The molecule has 2 N–H and O–H groups in total. The monoisotopic (exact) mass is 290 g/mol. The van der Waals surface area contributed by atoms with Crippen LogP contribution in [-0.2, 0) is 10.3 Å². The van der Waals surface area contributed by atoms with Gasteiger partial charge in [-0.2, -0.15) is 9.97 Å². The molecule has 0 amide bonds. The van der Waals surface area contributed by atoms with Crippen molar-refractivity contribution in [2.24, 2.45) is 0 Å². The number of rotatable bonds is 3. The van der Waals surface area contributed by atoms with Crippen LogP contribution in [0, 0.1) is 0 Å². The van der Waals surface area contributed by atoms with Crippen LogP contribution >= 0.6 is 0 Å². The van der Waals surface area contributed by atoms with E-state index in [0.29, 0.717) is 11.9 Å². The fourth-order valence-electron chi connectivity index (χ4n) is 3.80. The molecule has 21 heavy (non-hydrogen) atoms. The highest BCUT2D eigenvalue weighted by Crippen LogP contribution is 2.40. The Hall–Kier alpha value is -1.23. The number of nitrogens with zero attached hydrogens (tertiary/aromatic N) is 3. The van der Waals surface area contributed by atoms with Crippen molar-refractivity contribution < 1.29 is 4.74 Å². The maximum Gasteiger partial charge on any atom is 0.223 e. The van der Waals surface area contributed by atoms with Crippen LogP contribution in [0.2, 0.25) is 0 Å². The lowest BCUT2D eigenvalue weighted by molar-refractivity contribution is -0.0166. The Balaban J connectivity index is 1.91. The Morgan fingerprint density at radius 2 is 1.62 bits per heavy atom. The molecule has 2 fully saturated rings. The fourth-order valence-corrected chi connectivity index (χ4v) is 3.80. The number of aromatic nitrogens is 3. The van der Waals surface area contributed by atoms with Crippen molar-refractivity contribution in [3.63, 3.8) is 0 Å². The summed E-state index contributed by atoms with van der Waals surface area (Å²) < 4.78 is 5.80. The minimum absolute atomic E-state index is 0.337. The van der Waals surface area contributed by atoms with Crippen molar-refractivity contribution in [1.29, 1.82) is 0 Å². The predicted octanol–water partition coefficient (Wildman–Crippen LogP) is 3.31. The Kier molecular flexibility index (Phi) is 4.38. The molecule has 0 bridgehead atoms. The predicted molar refractivity (Wildman–Crippen MR) is 81.8 cm³/mol. The van der Waals surface area contributed by atoms with E-state index >= 15 is 0 Å². The van der Waals surface area contributed by atoms with Gasteiger partial charge in [0.2, 0.25) is 5.95 Å².